The molecule has 0 bridgehead atoms. The molecular weight excluding hydrogens is 448 g/mol. The molecule has 0 spiro atoms. The van der Waals surface area contributed by atoms with E-state index in [1.54, 1.807) is 38.4 Å². The van der Waals surface area contributed by atoms with Crippen molar-refractivity contribution in [3.8, 4) is 11.4 Å². The Morgan fingerprint density at radius 2 is 1.81 bits per heavy atom. The second-order valence-corrected chi connectivity index (χ2v) is 9.62. The average Bonchev–Trinajstić information content (AvgIpc) is 3.22. The second-order valence-electron chi connectivity index (χ2n) is 6.74. The Kier molecular flexibility index (Phi) is 7.99. The molecule has 0 unspecified atom stereocenters. The van der Waals surface area contributed by atoms with Crippen LogP contribution in [-0.4, -0.2) is 57.2 Å². The van der Waals surface area contributed by atoms with Crippen LogP contribution in [0.3, 0.4) is 0 Å². The molecule has 9 nitrogen and oxygen atoms in total. The van der Waals surface area contributed by atoms with E-state index < -0.39 is 10.0 Å². The Morgan fingerprint density at radius 1 is 1.09 bits per heavy atom. The fourth-order valence-electron chi connectivity index (χ4n) is 3.17. The van der Waals surface area contributed by atoms with Crippen LogP contribution in [0.4, 0.5) is 5.69 Å². The van der Waals surface area contributed by atoms with Crippen LogP contribution in [0, 0.1) is 0 Å². The predicted octanol–water partition coefficient (Wildman–Crippen LogP) is 3.12. The van der Waals surface area contributed by atoms with Gasteiger partial charge in [-0.2, -0.15) is 4.31 Å². The van der Waals surface area contributed by atoms with Crippen LogP contribution in [-0.2, 0) is 21.4 Å². The van der Waals surface area contributed by atoms with Gasteiger partial charge in [-0.05, 0) is 37.3 Å². The zero-order chi connectivity index (χ0) is 23.1. The van der Waals surface area contributed by atoms with E-state index in [-0.39, 0.29) is 16.6 Å². The SMILES string of the molecule is CCN(CC)S(=O)(=O)c1cccc(NC(=O)CSc2nnc(-c3ccncc3)n2CC)c1. The smallest absolute Gasteiger partial charge is 0.243 e. The number of rotatable bonds is 10. The Labute approximate surface area is 192 Å². The largest absolute Gasteiger partial charge is 0.325 e. The Morgan fingerprint density at radius 3 is 2.47 bits per heavy atom. The molecule has 1 amide bonds. The van der Waals surface area contributed by atoms with E-state index in [0.717, 1.165) is 5.56 Å². The first-order valence-electron chi connectivity index (χ1n) is 10.3. The summed E-state index contributed by atoms with van der Waals surface area (Å²) in [6.07, 6.45) is 3.39. The maximum atomic E-state index is 12.7. The highest BCUT2D eigenvalue weighted by Crippen LogP contribution is 2.24. The standard InChI is InChI=1S/C21H26N6O3S2/c1-4-26(5-2)32(29,30)18-9-7-8-17(14-18)23-19(28)15-31-21-25-24-20(27(21)6-3)16-10-12-22-13-11-16/h7-14H,4-6,15H2,1-3H3,(H,23,28). The fourth-order valence-corrected chi connectivity index (χ4v) is 5.48. The minimum absolute atomic E-state index is 0.113. The van der Waals surface area contributed by atoms with Crippen molar-refractivity contribution >= 4 is 33.4 Å². The van der Waals surface area contributed by atoms with Gasteiger partial charge in [-0.1, -0.05) is 31.7 Å². The van der Waals surface area contributed by atoms with Crippen molar-refractivity contribution in [3.63, 3.8) is 0 Å². The number of hydrogen-bond donors (Lipinski definition) is 1. The summed E-state index contributed by atoms with van der Waals surface area (Å²) in [4.78, 5) is 16.7. The van der Waals surface area contributed by atoms with Crippen LogP contribution in [0.15, 0.2) is 58.8 Å². The zero-order valence-electron chi connectivity index (χ0n) is 18.2. The third-order valence-electron chi connectivity index (χ3n) is 4.76. The summed E-state index contributed by atoms with van der Waals surface area (Å²) in [6, 6.07) is 10.0. The molecule has 170 valence electrons. The first-order chi connectivity index (χ1) is 15.4. The van der Waals surface area contributed by atoms with Crippen LogP contribution >= 0.6 is 11.8 Å². The molecule has 0 saturated heterocycles. The van der Waals surface area contributed by atoms with Gasteiger partial charge in [0.15, 0.2) is 11.0 Å². The molecule has 2 aromatic heterocycles. The monoisotopic (exact) mass is 474 g/mol. The van der Waals surface area contributed by atoms with E-state index in [0.29, 0.717) is 36.3 Å². The second kappa shape index (κ2) is 10.7. The number of pyridine rings is 1. The molecule has 32 heavy (non-hydrogen) atoms. The lowest BCUT2D eigenvalue weighted by molar-refractivity contribution is -0.113. The summed E-state index contributed by atoms with van der Waals surface area (Å²) >= 11 is 1.27. The molecule has 0 saturated carbocycles. The van der Waals surface area contributed by atoms with Gasteiger partial charge in [0.25, 0.3) is 0 Å². The first-order valence-corrected chi connectivity index (χ1v) is 12.7. The lowest BCUT2D eigenvalue weighted by Crippen LogP contribution is -2.30. The number of benzene rings is 1. The molecule has 1 aromatic carbocycles. The van der Waals surface area contributed by atoms with Crippen molar-refractivity contribution in [3.05, 3.63) is 48.8 Å². The molecule has 0 aliphatic heterocycles. The minimum atomic E-state index is -3.60. The van der Waals surface area contributed by atoms with Gasteiger partial charge in [0, 0.05) is 43.3 Å². The summed E-state index contributed by atoms with van der Waals surface area (Å²) in [6.45, 7) is 6.98. The maximum absolute atomic E-state index is 12.7. The van der Waals surface area contributed by atoms with Gasteiger partial charge in [-0.25, -0.2) is 8.42 Å². The minimum Gasteiger partial charge on any atom is -0.325 e. The van der Waals surface area contributed by atoms with E-state index in [4.69, 9.17) is 0 Å². The van der Waals surface area contributed by atoms with E-state index in [2.05, 4.69) is 20.5 Å². The molecule has 0 radical (unpaired) electrons. The zero-order valence-corrected chi connectivity index (χ0v) is 19.9. The van der Waals surface area contributed by atoms with Gasteiger partial charge < -0.3 is 9.88 Å². The van der Waals surface area contributed by atoms with E-state index >= 15 is 0 Å². The molecule has 0 atom stereocenters. The van der Waals surface area contributed by atoms with Crippen LogP contribution in [0.5, 0.6) is 0 Å². The lowest BCUT2D eigenvalue weighted by Gasteiger charge is -2.18. The third-order valence-corrected chi connectivity index (χ3v) is 7.78. The van der Waals surface area contributed by atoms with E-state index in [1.165, 1.54) is 28.2 Å². The molecule has 2 heterocycles. The van der Waals surface area contributed by atoms with Crippen LogP contribution in [0.2, 0.25) is 0 Å². The van der Waals surface area contributed by atoms with E-state index in [9.17, 15) is 13.2 Å². The highest BCUT2D eigenvalue weighted by molar-refractivity contribution is 7.99. The number of thioether (sulfide) groups is 1. The first kappa shape index (κ1) is 23.9. The van der Waals surface area contributed by atoms with Gasteiger partial charge in [-0.15, -0.1) is 10.2 Å². The molecule has 3 rings (SSSR count). The number of aromatic nitrogens is 4. The van der Waals surface area contributed by atoms with Gasteiger partial charge in [-0.3, -0.25) is 9.78 Å². The highest BCUT2D eigenvalue weighted by atomic mass is 32.2. The predicted molar refractivity (Wildman–Crippen MR) is 125 cm³/mol. The van der Waals surface area contributed by atoms with Crippen LogP contribution in [0.1, 0.15) is 20.8 Å². The number of anilines is 1. The average molecular weight is 475 g/mol. The van der Waals surface area contributed by atoms with Crippen LogP contribution in [0.25, 0.3) is 11.4 Å². The quantitative estimate of drug-likeness (QED) is 0.450. The van der Waals surface area contributed by atoms with Crippen molar-refractivity contribution < 1.29 is 13.2 Å². The number of carbonyl (C=O) groups excluding carboxylic acids is 1. The fraction of sp³-hybridized carbons (Fsp3) is 0.333. The number of nitrogens with one attached hydrogen (secondary N) is 1. The molecule has 0 fully saturated rings. The Balaban J connectivity index is 1.68. The number of carbonyl (C=O) groups is 1. The summed E-state index contributed by atoms with van der Waals surface area (Å²) in [5.74, 6) is 0.567. The molecule has 1 N–H and O–H groups in total. The topological polar surface area (TPSA) is 110 Å². The van der Waals surface area contributed by atoms with Crippen molar-refractivity contribution in [2.24, 2.45) is 0 Å². The Bertz CT molecular complexity index is 1160. The third kappa shape index (κ3) is 5.34. The highest BCUT2D eigenvalue weighted by Gasteiger charge is 2.22. The number of hydrogen-bond acceptors (Lipinski definition) is 7. The van der Waals surface area contributed by atoms with Gasteiger partial charge in [0.1, 0.15) is 0 Å². The number of amides is 1. The van der Waals surface area contributed by atoms with Crippen molar-refractivity contribution in [1.82, 2.24) is 24.1 Å². The molecule has 0 aliphatic rings. The summed E-state index contributed by atoms with van der Waals surface area (Å²) < 4.78 is 28.8. The van der Waals surface area contributed by atoms with E-state index in [1.807, 2.05) is 23.6 Å². The van der Waals surface area contributed by atoms with Crippen molar-refractivity contribution in [1.29, 1.82) is 0 Å². The number of sulfonamides is 1. The molecule has 0 aliphatic carbocycles. The van der Waals surface area contributed by atoms with Crippen molar-refractivity contribution in [2.75, 3.05) is 24.2 Å². The van der Waals surface area contributed by atoms with Gasteiger partial charge in [0.2, 0.25) is 15.9 Å². The summed E-state index contributed by atoms with van der Waals surface area (Å²) in [5, 5.41) is 11.9. The molecular formula is C21H26N6O3S2. The lowest BCUT2D eigenvalue weighted by atomic mass is 10.2. The normalized spacial score (nSPS) is 11.6. The van der Waals surface area contributed by atoms with Crippen LogP contribution < -0.4 is 5.32 Å². The molecule has 11 heteroatoms. The molecule has 3 aromatic rings. The summed E-state index contributed by atoms with van der Waals surface area (Å²) in [5.41, 5.74) is 1.33. The van der Waals surface area contributed by atoms with Gasteiger partial charge >= 0.3 is 0 Å². The Hall–Kier alpha value is -2.76. The maximum Gasteiger partial charge on any atom is 0.243 e. The van der Waals surface area contributed by atoms with Gasteiger partial charge in [0.05, 0.1) is 10.6 Å². The number of nitrogens with zero attached hydrogens (tertiary/aromatic N) is 5. The van der Waals surface area contributed by atoms with Crippen molar-refractivity contribution in [2.45, 2.75) is 37.4 Å². The summed E-state index contributed by atoms with van der Waals surface area (Å²) in [7, 11) is -3.60.